The fraction of sp³-hybridized carbons (Fsp3) is 0.458. The largest absolute Gasteiger partial charge is 0.496 e. The zero-order valence-corrected chi connectivity index (χ0v) is 17.7. The van der Waals surface area contributed by atoms with Crippen LogP contribution in [0.4, 0.5) is 10.1 Å². The SMILES string of the molecule is COc1cc2c(cc1CNC1CCNC1c1ccc(F)cc1C)N(C)C(=O)[C@H]1C[C@H]21. The Labute approximate surface area is 176 Å². The first-order chi connectivity index (χ1) is 14.5. The summed E-state index contributed by atoms with van der Waals surface area (Å²) < 4.78 is 19.2. The van der Waals surface area contributed by atoms with Crippen molar-refractivity contribution in [2.75, 3.05) is 25.6 Å². The van der Waals surface area contributed by atoms with E-state index in [2.05, 4.69) is 22.8 Å². The Morgan fingerprint density at radius 2 is 2.07 bits per heavy atom. The Kier molecular flexibility index (Phi) is 4.79. The van der Waals surface area contributed by atoms with E-state index >= 15 is 0 Å². The summed E-state index contributed by atoms with van der Waals surface area (Å²) in [4.78, 5) is 14.3. The van der Waals surface area contributed by atoms with Gasteiger partial charge in [-0.25, -0.2) is 4.39 Å². The summed E-state index contributed by atoms with van der Waals surface area (Å²) in [6, 6.07) is 9.62. The molecule has 1 amide bonds. The van der Waals surface area contributed by atoms with E-state index in [1.165, 1.54) is 11.6 Å². The Morgan fingerprint density at radius 3 is 2.83 bits per heavy atom. The van der Waals surface area contributed by atoms with Crippen LogP contribution in [0.25, 0.3) is 0 Å². The highest BCUT2D eigenvalue weighted by atomic mass is 19.1. The number of aryl methyl sites for hydroxylation is 1. The number of fused-ring (bicyclic) bond motifs is 3. The maximum Gasteiger partial charge on any atom is 0.230 e. The van der Waals surface area contributed by atoms with Gasteiger partial charge in [-0.1, -0.05) is 6.07 Å². The monoisotopic (exact) mass is 409 g/mol. The van der Waals surface area contributed by atoms with E-state index in [0.717, 1.165) is 47.5 Å². The minimum absolute atomic E-state index is 0.144. The molecule has 1 aliphatic carbocycles. The van der Waals surface area contributed by atoms with Crippen molar-refractivity contribution in [2.24, 2.45) is 5.92 Å². The van der Waals surface area contributed by atoms with Crippen molar-refractivity contribution in [3.05, 3.63) is 58.4 Å². The van der Waals surface area contributed by atoms with Gasteiger partial charge in [0.25, 0.3) is 0 Å². The van der Waals surface area contributed by atoms with Gasteiger partial charge in [-0.05, 0) is 73.2 Å². The molecule has 2 unspecified atom stereocenters. The fourth-order valence-electron chi connectivity index (χ4n) is 5.20. The molecule has 6 heteroatoms. The van der Waals surface area contributed by atoms with E-state index < -0.39 is 0 Å². The molecule has 0 radical (unpaired) electrons. The first-order valence-electron chi connectivity index (χ1n) is 10.7. The number of methoxy groups -OCH3 is 1. The predicted octanol–water partition coefficient (Wildman–Crippen LogP) is 3.42. The summed E-state index contributed by atoms with van der Waals surface area (Å²) in [5, 5.41) is 7.23. The Bertz CT molecular complexity index is 1010. The van der Waals surface area contributed by atoms with Gasteiger partial charge in [-0.3, -0.25) is 4.79 Å². The van der Waals surface area contributed by atoms with Crippen LogP contribution in [0, 0.1) is 18.7 Å². The van der Waals surface area contributed by atoms with Gasteiger partial charge in [0.15, 0.2) is 0 Å². The number of rotatable bonds is 5. The van der Waals surface area contributed by atoms with Crippen molar-refractivity contribution in [3.8, 4) is 5.75 Å². The summed E-state index contributed by atoms with van der Waals surface area (Å²) in [6.07, 6.45) is 1.94. The minimum atomic E-state index is -0.200. The first-order valence-corrected chi connectivity index (χ1v) is 10.7. The summed E-state index contributed by atoms with van der Waals surface area (Å²) in [6.45, 7) is 3.52. The topological polar surface area (TPSA) is 53.6 Å². The quantitative estimate of drug-likeness (QED) is 0.795. The number of hydrogen-bond acceptors (Lipinski definition) is 4. The second-order valence-electron chi connectivity index (χ2n) is 8.78. The molecule has 0 bridgehead atoms. The molecular weight excluding hydrogens is 381 g/mol. The van der Waals surface area contributed by atoms with Crippen molar-refractivity contribution in [3.63, 3.8) is 0 Å². The molecule has 4 atom stereocenters. The number of ether oxygens (including phenoxy) is 1. The summed E-state index contributed by atoms with van der Waals surface area (Å²) in [5.74, 6) is 1.40. The third-order valence-corrected chi connectivity index (χ3v) is 6.97. The zero-order valence-electron chi connectivity index (χ0n) is 17.7. The van der Waals surface area contributed by atoms with E-state index in [1.807, 2.05) is 20.0 Å². The van der Waals surface area contributed by atoms with Gasteiger partial charge in [0.05, 0.1) is 7.11 Å². The van der Waals surface area contributed by atoms with Crippen LogP contribution in [-0.2, 0) is 11.3 Å². The van der Waals surface area contributed by atoms with Gasteiger partial charge in [0.1, 0.15) is 11.6 Å². The standard InChI is InChI=1S/C24H28FN3O2/c1-13-8-15(25)4-5-16(13)23-20(6-7-26-23)27-12-14-9-21-18(11-22(14)30-3)17-10-19(17)24(29)28(21)2/h4-5,8-9,11,17,19-20,23,26-27H,6-7,10,12H2,1-3H3/t17-,19+,20?,23?/m1/s1. The molecule has 3 aliphatic rings. The molecule has 2 aliphatic heterocycles. The van der Waals surface area contributed by atoms with Gasteiger partial charge in [-0.2, -0.15) is 0 Å². The van der Waals surface area contributed by atoms with E-state index in [9.17, 15) is 9.18 Å². The minimum Gasteiger partial charge on any atom is -0.496 e. The van der Waals surface area contributed by atoms with Crippen molar-refractivity contribution in [1.82, 2.24) is 10.6 Å². The van der Waals surface area contributed by atoms with E-state index in [4.69, 9.17) is 4.74 Å². The zero-order chi connectivity index (χ0) is 21.0. The molecule has 1 saturated carbocycles. The second-order valence-corrected chi connectivity index (χ2v) is 8.78. The molecule has 0 aromatic heterocycles. The highest BCUT2D eigenvalue weighted by molar-refractivity contribution is 6.01. The molecule has 2 aromatic carbocycles. The smallest absolute Gasteiger partial charge is 0.230 e. The molecule has 2 aromatic rings. The normalized spacial score (nSPS) is 27.1. The van der Waals surface area contributed by atoms with Crippen LogP contribution in [-0.4, -0.2) is 32.7 Å². The van der Waals surface area contributed by atoms with Crippen LogP contribution in [0.15, 0.2) is 30.3 Å². The highest BCUT2D eigenvalue weighted by Crippen LogP contribution is 2.56. The van der Waals surface area contributed by atoms with Crippen LogP contribution in [0.5, 0.6) is 5.75 Å². The average Bonchev–Trinajstić information content (AvgIpc) is 3.41. The van der Waals surface area contributed by atoms with E-state index in [1.54, 1.807) is 18.1 Å². The van der Waals surface area contributed by atoms with Crippen LogP contribution < -0.4 is 20.3 Å². The van der Waals surface area contributed by atoms with Crippen molar-refractivity contribution >= 4 is 11.6 Å². The lowest BCUT2D eigenvalue weighted by Crippen LogP contribution is -2.35. The third kappa shape index (κ3) is 3.19. The number of anilines is 1. The van der Waals surface area contributed by atoms with E-state index in [0.29, 0.717) is 12.5 Å². The number of amides is 1. The van der Waals surface area contributed by atoms with Gasteiger partial charge < -0.3 is 20.3 Å². The number of halogens is 1. The molecule has 2 fully saturated rings. The van der Waals surface area contributed by atoms with Crippen LogP contribution in [0.1, 0.15) is 47.1 Å². The summed E-state index contributed by atoms with van der Waals surface area (Å²) >= 11 is 0. The fourth-order valence-corrected chi connectivity index (χ4v) is 5.20. The van der Waals surface area contributed by atoms with Gasteiger partial charge in [0.2, 0.25) is 5.91 Å². The van der Waals surface area contributed by atoms with Crippen molar-refractivity contribution in [2.45, 2.75) is 44.3 Å². The Balaban J connectivity index is 1.38. The predicted molar refractivity (Wildman–Crippen MR) is 114 cm³/mol. The van der Waals surface area contributed by atoms with Crippen LogP contribution >= 0.6 is 0 Å². The molecule has 30 heavy (non-hydrogen) atoms. The molecule has 0 spiro atoms. The average molecular weight is 410 g/mol. The highest BCUT2D eigenvalue weighted by Gasteiger charge is 2.50. The number of carbonyl (C=O) groups excluding carboxylic acids is 1. The number of carbonyl (C=O) groups is 1. The van der Waals surface area contributed by atoms with Crippen molar-refractivity contribution in [1.29, 1.82) is 0 Å². The lowest BCUT2D eigenvalue weighted by atomic mass is 9.95. The Morgan fingerprint density at radius 1 is 1.23 bits per heavy atom. The summed E-state index contributed by atoms with van der Waals surface area (Å²) in [7, 11) is 3.57. The van der Waals surface area contributed by atoms with Gasteiger partial charge >= 0.3 is 0 Å². The molecule has 2 heterocycles. The number of hydrogen-bond donors (Lipinski definition) is 2. The van der Waals surface area contributed by atoms with Crippen LogP contribution in [0.2, 0.25) is 0 Å². The molecule has 5 rings (SSSR count). The Hall–Kier alpha value is -2.44. The molecule has 158 valence electrons. The maximum atomic E-state index is 13.5. The van der Waals surface area contributed by atoms with Crippen LogP contribution in [0.3, 0.4) is 0 Å². The maximum absolute atomic E-state index is 13.5. The van der Waals surface area contributed by atoms with Crippen molar-refractivity contribution < 1.29 is 13.9 Å². The lowest BCUT2D eigenvalue weighted by Gasteiger charge is -2.28. The number of benzene rings is 2. The summed E-state index contributed by atoms with van der Waals surface area (Å²) in [5.41, 5.74) is 5.38. The first kappa shape index (κ1) is 19.5. The van der Waals surface area contributed by atoms with Gasteiger partial charge in [0, 0.05) is 42.8 Å². The number of nitrogens with zero attached hydrogens (tertiary/aromatic N) is 1. The number of nitrogens with one attached hydrogen (secondary N) is 2. The molecular formula is C24H28FN3O2. The molecule has 1 saturated heterocycles. The second kappa shape index (κ2) is 7.36. The third-order valence-electron chi connectivity index (χ3n) is 6.97. The lowest BCUT2D eigenvalue weighted by molar-refractivity contribution is -0.119. The molecule has 5 nitrogen and oxygen atoms in total. The van der Waals surface area contributed by atoms with E-state index in [-0.39, 0.29) is 29.7 Å². The van der Waals surface area contributed by atoms with Gasteiger partial charge in [-0.15, -0.1) is 0 Å². The molecule has 2 N–H and O–H groups in total.